The summed E-state index contributed by atoms with van der Waals surface area (Å²) in [6, 6.07) is 6.73. The summed E-state index contributed by atoms with van der Waals surface area (Å²) < 4.78 is 5.48. The van der Waals surface area contributed by atoms with Crippen molar-refractivity contribution < 1.29 is 19.1 Å². The minimum absolute atomic E-state index is 0.0200. The van der Waals surface area contributed by atoms with Gasteiger partial charge in [0, 0.05) is 6.54 Å². The van der Waals surface area contributed by atoms with Crippen molar-refractivity contribution >= 4 is 17.8 Å². The molecule has 1 aromatic rings. The lowest BCUT2D eigenvalue weighted by Crippen LogP contribution is -2.33. The molecule has 5 heteroatoms. The Hall–Kier alpha value is -2.17. The van der Waals surface area contributed by atoms with Crippen molar-refractivity contribution in [2.45, 2.75) is 45.1 Å². The molecule has 0 spiro atoms. The molecule has 2 amide bonds. The maximum absolute atomic E-state index is 12.2. The molecule has 2 atom stereocenters. The molecule has 0 bridgehead atoms. The first-order chi connectivity index (χ1) is 11.1. The smallest absolute Gasteiger partial charge is 0.307 e. The molecule has 23 heavy (non-hydrogen) atoms. The van der Waals surface area contributed by atoms with E-state index in [0.29, 0.717) is 17.0 Å². The third-order valence-electron chi connectivity index (χ3n) is 4.60. The average Bonchev–Trinajstić information content (AvgIpc) is 2.77. The number of benzene rings is 1. The Morgan fingerprint density at radius 3 is 2.43 bits per heavy atom. The lowest BCUT2D eigenvalue weighted by Gasteiger charge is -2.26. The normalized spacial score (nSPS) is 23.8. The quantitative estimate of drug-likeness (QED) is 0.633. The van der Waals surface area contributed by atoms with E-state index in [0.717, 1.165) is 24.2 Å². The first kappa shape index (κ1) is 15.7. The molecule has 1 saturated carbocycles. The van der Waals surface area contributed by atoms with E-state index < -0.39 is 0 Å². The first-order valence-electron chi connectivity index (χ1n) is 8.21. The second kappa shape index (κ2) is 6.52. The Morgan fingerprint density at radius 1 is 1.17 bits per heavy atom. The maximum atomic E-state index is 12.2. The summed E-state index contributed by atoms with van der Waals surface area (Å²) in [5, 5.41) is 0. The highest BCUT2D eigenvalue weighted by molar-refractivity contribution is 6.21. The van der Waals surface area contributed by atoms with Gasteiger partial charge < -0.3 is 4.74 Å². The molecule has 1 fully saturated rings. The Labute approximate surface area is 135 Å². The SMILES string of the molecule is CC1CCCC(OC(=O)CCN2C(=O)c3ccccc3C2=O)C1. The van der Waals surface area contributed by atoms with Crippen molar-refractivity contribution in [3.63, 3.8) is 0 Å². The predicted molar refractivity (Wildman–Crippen MR) is 83.9 cm³/mol. The van der Waals surface area contributed by atoms with Crippen LogP contribution in [0.5, 0.6) is 0 Å². The van der Waals surface area contributed by atoms with Gasteiger partial charge in [-0.3, -0.25) is 19.3 Å². The molecule has 1 heterocycles. The third kappa shape index (κ3) is 3.28. The number of carbonyl (C=O) groups is 3. The van der Waals surface area contributed by atoms with Crippen LogP contribution < -0.4 is 0 Å². The number of rotatable bonds is 4. The van der Waals surface area contributed by atoms with Crippen LogP contribution in [0.25, 0.3) is 0 Å². The van der Waals surface area contributed by atoms with Gasteiger partial charge in [0.25, 0.3) is 11.8 Å². The average molecular weight is 315 g/mol. The zero-order valence-corrected chi connectivity index (χ0v) is 13.3. The zero-order valence-electron chi connectivity index (χ0n) is 13.3. The molecular weight excluding hydrogens is 294 g/mol. The van der Waals surface area contributed by atoms with Gasteiger partial charge in [-0.15, -0.1) is 0 Å². The van der Waals surface area contributed by atoms with Gasteiger partial charge in [0.2, 0.25) is 0 Å². The second-order valence-electron chi connectivity index (χ2n) is 6.44. The van der Waals surface area contributed by atoms with Gasteiger partial charge in [0.05, 0.1) is 17.5 Å². The van der Waals surface area contributed by atoms with Crippen molar-refractivity contribution in [3.05, 3.63) is 35.4 Å². The molecular formula is C18H21NO4. The van der Waals surface area contributed by atoms with Crippen molar-refractivity contribution in [2.24, 2.45) is 5.92 Å². The summed E-state index contributed by atoms with van der Waals surface area (Å²) in [6.45, 7) is 2.24. The fraction of sp³-hybridized carbons (Fsp3) is 0.500. The maximum Gasteiger partial charge on any atom is 0.307 e. The molecule has 0 radical (unpaired) electrons. The molecule has 0 N–H and O–H groups in total. The molecule has 3 rings (SSSR count). The highest BCUT2D eigenvalue weighted by atomic mass is 16.5. The van der Waals surface area contributed by atoms with Crippen LogP contribution in [0.3, 0.4) is 0 Å². The van der Waals surface area contributed by atoms with Crippen LogP contribution in [0, 0.1) is 5.92 Å². The highest BCUT2D eigenvalue weighted by Gasteiger charge is 2.35. The van der Waals surface area contributed by atoms with Crippen LogP contribution >= 0.6 is 0 Å². The summed E-state index contributed by atoms with van der Waals surface area (Å²) in [5.74, 6) is -0.409. The van der Waals surface area contributed by atoms with E-state index in [1.54, 1.807) is 24.3 Å². The molecule has 122 valence electrons. The van der Waals surface area contributed by atoms with Crippen molar-refractivity contribution in [3.8, 4) is 0 Å². The van der Waals surface area contributed by atoms with E-state index in [1.807, 2.05) is 0 Å². The van der Waals surface area contributed by atoms with Crippen molar-refractivity contribution in [2.75, 3.05) is 6.54 Å². The standard InChI is InChI=1S/C18H21NO4/c1-12-5-4-6-13(11-12)23-16(20)9-10-19-17(21)14-7-2-3-8-15(14)18(19)22/h2-3,7-8,12-13H,4-6,9-11H2,1H3. The minimum Gasteiger partial charge on any atom is -0.462 e. The topological polar surface area (TPSA) is 63.7 Å². The minimum atomic E-state index is -0.333. The number of hydrogen-bond acceptors (Lipinski definition) is 4. The summed E-state index contributed by atoms with van der Waals surface area (Å²) in [4.78, 5) is 37.5. The number of fused-ring (bicyclic) bond motifs is 1. The van der Waals surface area contributed by atoms with Crippen LogP contribution in [-0.4, -0.2) is 35.3 Å². The van der Waals surface area contributed by atoms with Crippen LogP contribution in [0.15, 0.2) is 24.3 Å². The molecule has 5 nitrogen and oxygen atoms in total. The lowest BCUT2D eigenvalue weighted by atomic mass is 9.89. The van der Waals surface area contributed by atoms with Crippen LogP contribution in [0.1, 0.15) is 59.7 Å². The number of carbonyl (C=O) groups excluding carboxylic acids is 3. The molecule has 0 saturated heterocycles. The van der Waals surface area contributed by atoms with E-state index in [1.165, 1.54) is 6.42 Å². The molecule has 1 aliphatic carbocycles. The lowest BCUT2D eigenvalue weighted by molar-refractivity contribution is -0.151. The third-order valence-corrected chi connectivity index (χ3v) is 4.60. The van der Waals surface area contributed by atoms with Crippen molar-refractivity contribution in [1.82, 2.24) is 4.90 Å². The fourth-order valence-electron chi connectivity index (χ4n) is 3.38. The molecule has 0 aromatic heterocycles. The van der Waals surface area contributed by atoms with Crippen molar-refractivity contribution in [1.29, 1.82) is 0 Å². The Kier molecular flexibility index (Phi) is 4.46. The summed E-state index contributed by atoms with van der Waals surface area (Å²) >= 11 is 0. The monoisotopic (exact) mass is 315 g/mol. The van der Waals surface area contributed by atoms with Gasteiger partial charge in [-0.1, -0.05) is 25.5 Å². The zero-order chi connectivity index (χ0) is 16.4. The van der Waals surface area contributed by atoms with E-state index in [9.17, 15) is 14.4 Å². The highest BCUT2D eigenvalue weighted by Crippen LogP contribution is 2.26. The number of esters is 1. The molecule has 2 aliphatic rings. The first-order valence-corrected chi connectivity index (χ1v) is 8.21. The van der Waals surface area contributed by atoms with Crippen LogP contribution in [-0.2, 0) is 9.53 Å². The van der Waals surface area contributed by atoms with E-state index in [-0.39, 0.29) is 36.9 Å². The van der Waals surface area contributed by atoms with E-state index in [4.69, 9.17) is 4.74 Å². The molecule has 2 unspecified atom stereocenters. The van der Waals surface area contributed by atoms with Gasteiger partial charge in [-0.2, -0.15) is 0 Å². The number of hydrogen-bond donors (Lipinski definition) is 0. The van der Waals surface area contributed by atoms with Crippen LogP contribution in [0.4, 0.5) is 0 Å². The Morgan fingerprint density at radius 2 is 1.83 bits per heavy atom. The van der Waals surface area contributed by atoms with Crippen LogP contribution in [0.2, 0.25) is 0 Å². The van der Waals surface area contributed by atoms with Gasteiger partial charge >= 0.3 is 5.97 Å². The number of amides is 2. The summed E-state index contributed by atoms with van der Waals surface area (Å²) in [6.07, 6.45) is 4.10. The van der Waals surface area contributed by atoms with Gasteiger partial charge in [-0.25, -0.2) is 0 Å². The largest absolute Gasteiger partial charge is 0.462 e. The number of nitrogens with zero attached hydrogens (tertiary/aromatic N) is 1. The number of imide groups is 1. The predicted octanol–water partition coefficient (Wildman–Crippen LogP) is 2.79. The summed E-state index contributed by atoms with van der Waals surface area (Å²) in [5.41, 5.74) is 0.818. The summed E-state index contributed by atoms with van der Waals surface area (Å²) in [7, 11) is 0. The van der Waals surface area contributed by atoms with E-state index in [2.05, 4.69) is 6.92 Å². The molecule has 1 aliphatic heterocycles. The van der Waals surface area contributed by atoms with E-state index >= 15 is 0 Å². The fourth-order valence-corrected chi connectivity index (χ4v) is 3.38. The Bertz CT molecular complexity index is 605. The van der Waals surface area contributed by atoms with Gasteiger partial charge in [0.15, 0.2) is 0 Å². The van der Waals surface area contributed by atoms with Gasteiger partial charge in [-0.05, 0) is 37.3 Å². The second-order valence-corrected chi connectivity index (χ2v) is 6.44. The van der Waals surface area contributed by atoms with Gasteiger partial charge in [0.1, 0.15) is 6.10 Å². The number of ether oxygens (including phenoxy) is 1. The molecule has 1 aromatic carbocycles. The Balaban J connectivity index is 1.54.